The first-order chi connectivity index (χ1) is 7.52. The average Bonchev–Trinajstić information content (AvgIpc) is 2.84. The Balaban J connectivity index is 1.95. The van der Waals surface area contributed by atoms with Gasteiger partial charge in [0.05, 0.1) is 0 Å². The van der Waals surface area contributed by atoms with E-state index in [1.54, 1.807) is 0 Å². The van der Waals surface area contributed by atoms with Gasteiger partial charge in [-0.3, -0.25) is 0 Å². The Labute approximate surface area is 98.6 Å². The van der Waals surface area contributed by atoms with Gasteiger partial charge in [-0.05, 0) is 56.4 Å². The molecule has 2 saturated carbocycles. The zero-order chi connectivity index (χ0) is 11.6. The molecule has 88 valence electrons. The second kappa shape index (κ2) is 3.01. The van der Waals surface area contributed by atoms with Crippen LogP contribution in [0.2, 0.25) is 0 Å². The fourth-order valence-electron chi connectivity index (χ4n) is 4.11. The summed E-state index contributed by atoms with van der Waals surface area (Å²) in [5.74, 6) is 1.33. The van der Waals surface area contributed by atoms with Crippen LogP contribution in [0, 0.1) is 11.8 Å². The van der Waals surface area contributed by atoms with Gasteiger partial charge < -0.3 is 4.74 Å². The molecule has 3 aliphatic rings. The summed E-state index contributed by atoms with van der Waals surface area (Å²) >= 11 is 0. The minimum atomic E-state index is 0.0481. The van der Waals surface area contributed by atoms with Crippen molar-refractivity contribution in [2.75, 3.05) is 0 Å². The molecule has 0 aromatic carbocycles. The van der Waals surface area contributed by atoms with E-state index in [1.165, 1.54) is 36.8 Å². The molecule has 0 radical (unpaired) electrons. The third-order valence-electron chi connectivity index (χ3n) is 5.34. The van der Waals surface area contributed by atoms with Gasteiger partial charge in [0.15, 0.2) is 0 Å². The van der Waals surface area contributed by atoms with Crippen LogP contribution in [-0.4, -0.2) is 11.2 Å². The molecule has 0 aromatic heterocycles. The first-order valence-electron chi connectivity index (χ1n) is 6.56. The normalized spacial score (nSPS) is 50.5. The van der Waals surface area contributed by atoms with Crippen LogP contribution in [0.15, 0.2) is 24.3 Å². The van der Waals surface area contributed by atoms with E-state index in [1.807, 2.05) is 0 Å². The summed E-state index contributed by atoms with van der Waals surface area (Å²) < 4.78 is 6.23. The summed E-state index contributed by atoms with van der Waals surface area (Å²) in [4.78, 5) is 0. The lowest BCUT2D eigenvalue weighted by Gasteiger charge is -2.20. The number of epoxide rings is 1. The molecule has 1 aliphatic heterocycles. The van der Waals surface area contributed by atoms with Gasteiger partial charge in [0.2, 0.25) is 0 Å². The van der Waals surface area contributed by atoms with Crippen LogP contribution in [-0.2, 0) is 4.74 Å². The van der Waals surface area contributed by atoms with Gasteiger partial charge in [0, 0.05) is 0 Å². The third-order valence-corrected chi connectivity index (χ3v) is 5.34. The van der Waals surface area contributed by atoms with Crippen molar-refractivity contribution in [2.24, 2.45) is 11.8 Å². The van der Waals surface area contributed by atoms with Gasteiger partial charge in [-0.25, -0.2) is 0 Å². The lowest BCUT2D eigenvalue weighted by Crippen LogP contribution is -2.26. The van der Waals surface area contributed by atoms with Crippen LogP contribution in [0.5, 0.6) is 0 Å². The molecule has 2 aliphatic carbocycles. The highest BCUT2D eigenvalue weighted by atomic mass is 16.6. The predicted molar refractivity (Wildman–Crippen MR) is 66.2 cm³/mol. The van der Waals surface area contributed by atoms with Gasteiger partial charge in [-0.1, -0.05) is 25.7 Å². The van der Waals surface area contributed by atoms with E-state index in [9.17, 15) is 0 Å². The summed E-state index contributed by atoms with van der Waals surface area (Å²) in [6, 6.07) is 0. The molecule has 3 rings (SSSR count). The molecule has 16 heavy (non-hydrogen) atoms. The number of hydrogen-bond donors (Lipinski definition) is 0. The lowest BCUT2D eigenvalue weighted by atomic mass is 9.81. The summed E-state index contributed by atoms with van der Waals surface area (Å²) in [7, 11) is 0. The number of allylic oxidation sites excluding steroid dienone is 1. The summed E-state index contributed by atoms with van der Waals surface area (Å²) in [5.41, 5.74) is 2.90. The Morgan fingerprint density at radius 3 is 2.88 bits per heavy atom. The lowest BCUT2D eigenvalue weighted by molar-refractivity contribution is 0.168. The minimum absolute atomic E-state index is 0.0481. The van der Waals surface area contributed by atoms with Gasteiger partial charge in [-0.2, -0.15) is 0 Å². The fourth-order valence-corrected chi connectivity index (χ4v) is 4.11. The molecule has 1 nitrogen and oxygen atoms in total. The Kier molecular flexibility index (Phi) is 1.99. The highest BCUT2D eigenvalue weighted by Crippen LogP contribution is 2.70. The van der Waals surface area contributed by atoms with E-state index in [0.29, 0.717) is 11.8 Å². The maximum Gasteiger partial charge on any atom is 0.119 e. The van der Waals surface area contributed by atoms with E-state index in [0.717, 1.165) is 6.42 Å². The highest BCUT2D eigenvalue weighted by Gasteiger charge is 2.76. The highest BCUT2D eigenvalue weighted by molar-refractivity contribution is 5.40. The van der Waals surface area contributed by atoms with Crippen LogP contribution in [0.4, 0.5) is 0 Å². The summed E-state index contributed by atoms with van der Waals surface area (Å²) in [6.45, 7) is 12.9. The molecule has 1 heteroatoms. The van der Waals surface area contributed by atoms with Crippen LogP contribution < -0.4 is 0 Å². The number of hydrogen-bond acceptors (Lipinski definition) is 1. The van der Waals surface area contributed by atoms with Crippen LogP contribution in [0.3, 0.4) is 0 Å². The third kappa shape index (κ3) is 1.05. The molecule has 0 bridgehead atoms. The Morgan fingerprint density at radius 1 is 1.44 bits per heavy atom. The second-order valence-corrected chi connectivity index (χ2v) is 6.15. The summed E-state index contributed by atoms with van der Waals surface area (Å²) in [6.07, 6.45) is 6.10. The SMILES string of the molecule is C=C(C)[C@@H]1CC[C@H](C)[C@]23CCC(=C)[C@@]2(C1)O3. The molecule has 0 amide bonds. The molecule has 0 N–H and O–H groups in total. The largest absolute Gasteiger partial charge is 0.357 e. The van der Waals surface area contributed by atoms with Crippen molar-refractivity contribution < 1.29 is 4.74 Å². The van der Waals surface area contributed by atoms with E-state index >= 15 is 0 Å². The smallest absolute Gasteiger partial charge is 0.119 e. The standard InChI is InChI=1S/C15H22O/c1-10(2)13-6-5-11(3)14-8-7-12(4)15(14,9-13)16-14/h11,13H,1,4-9H2,2-3H3/t11-,13+,14+,15+/m0/s1. The van der Waals surface area contributed by atoms with Crippen molar-refractivity contribution in [1.82, 2.24) is 0 Å². The van der Waals surface area contributed by atoms with Crippen molar-refractivity contribution in [1.29, 1.82) is 0 Å². The first kappa shape index (κ1) is 10.6. The Morgan fingerprint density at radius 2 is 2.19 bits per heavy atom. The average molecular weight is 218 g/mol. The second-order valence-electron chi connectivity index (χ2n) is 6.15. The van der Waals surface area contributed by atoms with Crippen molar-refractivity contribution in [2.45, 2.75) is 57.2 Å². The topological polar surface area (TPSA) is 12.5 Å². The van der Waals surface area contributed by atoms with Crippen molar-refractivity contribution in [3.05, 3.63) is 24.3 Å². The fraction of sp³-hybridized carbons (Fsp3) is 0.733. The van der Waals surface area contributed by atoms with Crippen LogP contribution in [0.1, 0.15) is 46.0 Å². The maximum absolute atomic E-state index is 6.23. The van der Waals surface area contributed by atoms with Gasteiger partial charge in [0.1, 0.15) is 11.2 Å². The molecule has 1 saturated heterocycles. The zero-order valence-electron chi connectivity index (χ0n) is 10.5. The van der Waals surface area contributed by atoms with Crippen LogP contribution >= 0.6 is 0 Å². The number of ether oxygens (including phenoxy) is 1. The molecule has 0 unspecified atom stereocenters. The number of rotatable bonds is 1. The molecule has 0 aromatic rings. The van der Waals surface area contributed by atoms with Gasteiger partial charge in [-0.15, -0.1) is 0 Å². The molecule has 4 atom stereocenters. The van der Waals surface area contributed by atoms with E-state index in [-0.39, 0.29) is 11.2 Å². The van der Waals surface area contributed by atoms with Gasteiger partial charge >= 0.3 is 0 Å². The Bertz CT molecular complexity index is 370. The van der Waals surface area contributed by atoms with E-state index in [4.69, 9.17) is 4.74 Å². The Hall–Kier alpha value is -0.560. The van der Waals surface area contributed by atoms with Crippen LogP contribution in [0.25, 0.3) is 0 Å². The minimum Gasteiger partial charge on any atom is -0.357 e. The van der Waals surface area contributed by atoms with Crippen molar-refractivity contribution in [3.63, 3.8) is 0 Å². The van der Waals surface area contributed by atoms with E-state index < -0.39 is 0 Å². The monoisotopic (exact) mass is 218 g/mol. The quantitative estimate of drug-likeness (QED) is 0.481. The molecular formula is C15H22O. The van der Waals surface area contributed by atoms with Crippen molar-refractivity contribution in [3.8, 4) is 0 Å². The van der Waals surface area contributed by atoms with Gasteiger partial charge in [0.25, 0.3) is 0 Å². The molecule has 1 heterocycles. The van der Waals surface area contributed by atoms with E-state index in [2.05, 4.69) is 27.0 Å². The molecule has 3 fully saturated rings. The zero-order valence-corrected chi connectivity index (χ0v) is 10.5. The molecular weight excluding hydrogens is 196 g/mol. The molecule has 0 spiro atoms. The van der Waals surface area contributed by atoms with Crippen molar-refractivity contribution >= 4 is 0 Å². The first-order valence-corrected chi connectivity index (χ1v) is 6.56. The maximum atomic E-state index is 6.23. The summed E-state index contributed by atoms with van der Waals surface area (Å²) in [5, 5.41) is 0. The predicted octanol–water partition coefficient (Wildman–Crippen LogP) is 3.86.